The molecule has 1 aromatic heterocycles. The fourth-order valence-corrected chi connectivity index (χ4v) is 4.32. The Kier molecular flexibility index (Phi) is 8.64. The molecule has 170 valence electrons. The van der Waals surface area contributed by atoms with Crippen LogP contribution in [0.3, 0.4) is 0 Å². The first-order chi connectivity index (χ1) is 15.0. The third-order valence-corrected chi connectivity index (χ3v) is 6.02. The number of hydrogen-bond acceptors (Lipinski definition) is 5. The average molecular weight is 433 g/mol. The summed E-state index contributed by atoms with van der Waals surface area (Å²) < 4.78 is 31.0. The van der Waals surface area contributed by atoms with Crippen LogP contribution in [0, 0.1) is 17.7 Å². The van der Waals surface area contributed by atoms with Gasteiger partial charge in [0.05, 0.1) is 5.92 Å². The van der Waals surface area contributed by atoms with Crippen molar-refractivity contribution in [2.24, 2.45) is 11.8 Å². The van der Waals surface area contributed by atoms with Crippen molar-refractivity contribution in [3.05, 3.63) is 40.2 Å². The van der Waals surface area contributed by atoms with E-state index in [4.69, 9.17) is 13.9 Å². The van der Waals surface area contributed by atoms with Gasteiger partial charge >= 0.3 is 11.6 Å². The van der Waals surface area contributed by atoms with Crippen molar-refractivity contribution in [1.29, 1.82) is 0 Å². The first kappa shape index (κ1) is 23.5. The van der Waals surface area contributed by atoms with Crippen LogP contribution < -0.4 is 10.4 Å². The van der Waals surface area contributed by atoms with Gasteiger partial charge in [-0.25, -0.2) is 9.18 Å². The molecule has 0 radical (unpaired) electrons. The number of benzene rings is 1. The zero-order valence-electron chi connectivity index (χ0n) is 18.6. The Labute approximate surface area is 182 Å². The molecular weight excluding hydrogens is 399 g/mol. The molecule has 0 aliphatic heterocycles. The van der Waals surface area contributed by atoms with E-state index in [0.29, 0.717) is 23.5 Å². The SMILES string of the molecule is CCCOCCCC1CCC(C(=O)Oc2ccc3cc(CCC)oc(=O)c3c2F)CC1. The van der Waals surface area contributed by atoms with E-state index in [0.717, 1.165) is 64.6 Å². The number of fused-ring (bicyclic) bond motifs is 1. The molecule has 1 fully saturated rings. The van der Waals surface area contributed by atoms with Crippen LogP contribution in [0.2, 0.25) is 0 Å². The Morgan fingerprint density at radius 1 is 1.13 bits per heavy atom. The number of halogens is 1. The first-order valence-corrected chi connectivity index (χ1v) is 11.6. The highest BCUT2D eigenvalue weighted by molar-refractivity contribution is 5.85. The number of carbonyl (C=O) groups is 1. The van der Waals surface area contributed by atoms with E-state index in [-0.39, 0.29) is 17.1 Å². The minimum absolute atomic E-state index is 0.167. The molecule has 0 bridgehead atoms. The average Bonchev–Trinajstić information content (AvgIpc) is 2.76. The fraction of sp³-hybridized carbons (Fsp3) is 0.600. The second-order valence-electron chi connectivity index (χ2n) is 8.49. The van der Waals surface area contributed by atoms with Crippen LogP contribution in [0.4, 0.5) is 4.39 Å². The fourth-order valence-electron chi connectivity index (χ4n) is 4.32. The van der Waals surface area contributed by atoms with Gasteiger partial charge in [0, 0.05) is 19.6 Å². The molecular formula is C25H33FO5. The van der Waals surface area contributed by atoms with Crippen LogP contribution in [0.15, 0.2) is 27.4 Å². The van der Waals surface area contributed by atoms with Gasteiger partial charge in [-0.05, 0) is 74.8 Å². The molecule has 0 N–H and O–H groups in total. The van der Waals surface area contributed by atoms with Crippen LogP contribution >= 0.6 is 0 Å². The normalized spacial score (nSPS) is 18.9. The van der Waals surface area contributed by atoms with E-state index >= 15 is 0 Å². The molecule has 1 aromatic carbocycles. The van der Waals surface area contributed by atoms with Crippen LogP contribution in [0.1, 0.15) is 71.0 Å². The van der Waals surface area contributed by atoms with Gasteiger partial charge in [0.1, 0.15) is 11.1 Å². The largest absolute Gasteiger partial charge is 0.427 e. The summed E-state index contributed by atoms with van der Waals surface area (Å²) in [6.07, 6.45) is 8.06. The van der Waals surface area contributed by atoms with Crippen molar-refractivity contribution in [1.82, 2.24) is 0 Å². The van der Waals surface area contributed by atoms with Crippen molar-refractivity contribution in [2.45, 2.75) is 71.6 Å². The van der Waals surface area contributed by atoms with E-state index in [1.165, 1.54) is 6.07 Å². The molecule has 2 aromatic rings. The Balaban J connectivity index is 1.57. The quantitative estimate of drug-likeness (QED) is 0.270. The lowest BCUT2D eigenvalue weighted by atomic mass is 9.80. The lowest BCUT2D eigenvalue weighted by molar-refractivity contribution is -0.140. The molecule has 0 atom stereocenters. The minimum atomic E-state index is -0.830. The van der Waals surface area contributed by atoms with E-state index in [1.807, 2.05) is 6.92 Å². The van der Waals surface area contributed by atoms with Gasteiger partial charge in [0.15, 0.2) is 11.6 Å². The monoisotopic (exact) mass is 432 g/mol. The van der Waals surface area contributed by atoms with E-state index in [1.54, 1.807) is 12.1 Å². The number of aryl methyl sites for hydroxylation is 1. The number of carbonyl (C=O) groups excluding carboxylic acids is 1. The van der Waals surface area contributed by atoms with Gasteiger partial charge in [-0.1, -0.05) is 19.9 Å². The molecule has 0 amide bonds. The van der Waals surface area contributed by atoms with Gasteiger partial charge in [-0.2, -0.15) is 0 Å². The standard InChI is InChI=1S/C25H33FO5/c1-3-6-20-16-19-12-13-21(23(26)22(19)25(28)30-20)31-24(27)18-10-8-17(9-11-18)7-5-15-29-14-4-2/h12-13,16-18H,3-11,14-15H2,1-2H3. The van der Waals surface area contributed by atoms with Gasteiger partial charge < -0.3 is 13.9 Å². The lowest BCUT2D eigenvalue weighted by Gasteiger charge is -2.27. The van der Waals surface area contributed by atoms with Crippen molar-refractivity contribution >= 4 is 16.7 Å². The topological polar surface area (TPSA) is 65.7 Å². The lowest BCUT2D eigenvalue weighted by Crippen LogP contribution is -2.26. The Hall–Kier alpha value is -2.21. The molecule has 31 heavy (non-hydrogen) atoms. The smallest absolute Gasteiger partial charge is 0.346 e. The molecule has 6 heteroatoms. The van der Waals surface area contributed by atoms with Gasteiger partial charge in [-0.15, -0.1) is 0 Å². The number of hydrogen-bond donors (Lipinski definition) is 0. The maximum atomic E-state index is 14.9. The van der Waals surface area contributed by atoms with Crippen molar-refractivity contribution in [3.63, 3.8) is 0 Å². The predicted molar refractivity (Wildman–Crippen MR) is 118 cm³/mol. The van der Waals surface area contributed by atoms with Gasteiger partial charge in [0.2, 0.25) is 0 Å². The predicted octanol–water partition coefficient (Wildman–Crippen LogP) is 5.80. The zero-order valence-corrected chi connectivity index (χ0v) is 18.6. The summed E-state index contributed by atoms with van der Waals surface area (Å²) >= 11 is 0. The maximum Gasteiger partial charge on any atom is 0.346 e. The highest BCUT2D eigenvalue weighted by atomic mass is 19.1. The summed E-state index contributed by atoms with van der Waals surface area (Å²) in [7, 11) is 0. The van der Waals surface area contributed by atoms with E-state index in [9.17, 15) is 14.0 Å². The zero-order chi connectivity index (χ0) is 22.2. The molecule has 5 nitrogen and oxygen atoms in total. The maximum absolute atomic E-state index is 14.9. The number of rotatable bonds is 10. The Morgan fingerprint density at radius 3 is 2.61 bits per heavy atom. The minimum Gasteiger partial charge on any atom is -0.427 e. The van der Waals surface area contributed by atoms with Gasteiger partial charge in [-0.3, -0.25) is 4.79 Å². The molecule has 0 unspecified atom stereocenters. The molecule has 1 aliphatic rings. The second kappa shape index (κ2) is 11.4. The molecule has 1 saturated carbocycles. The number of esters is 1. The van der Waals surface area contributed by atoms with E-state index < -0.39 is 17.4 Å². The van der Waals surface area contributed by atoms with Crippen molar-refractivity contribution in [3.8, 4) is 5.75 Å². The van der Waals surface area contributed by atoms with Crippen LogP contribution in [0.5, 0.6) is 5.75 Å². The highest BCUT2D eigenvalue weighted by Crippen LogP contribution is 2.33. The summed E-state index contributed by atoms with van der Waals surface area (Å²) in [6, 6.07) is 4.70. The van der Waals surface area contributed by atoms with Crippen LogP contribution in [-0.2, 0) is 16.0 Å². The summed E-state index contributed by atoms with van der Waals surface area (Å²) in [6.45, 7) is 5.68. The van der Waals surface area contributed by atoms with Crippen LogP contribution in [0.25, 0.3) is 10.8 Å². The molecule has 1 aliphatic carbocycles. The van der Waals surface area contributed by atoms with Crippen molar-refractivity contribution in [2.75, 3.05) is 13.2 Å². The Morgan fingerprint density at radius 2 is 1.90 bits per heavy atom. The molecule has 0 spiro atoms. The Bertz CT molecular complexity index is 927. The third kappa shape index (κ3) is 6.16. The summed E-state index contributed by atoms with van der Waals surface area (Å²) in [5.41, 5.74) is -0.736. The van der Waals surface area contributed by atoms with Crippen molar-refractivity contribution < 1.29 is 23.1 Å². The van der Waals surface area contributed by atoms with Crippen LogP contribution in [-0.4, -0.2) is 19.2 Å². The summed E-state index contributed by atoms with van der Waals surface area (Å²) in [5.74, 6) is -0.556. The van der Waals surface area contributed by atoms with E-state index in [2.05, 4.69) is 6.92 Å². The summed E-state index contributed by atoms with van der Waals surface area (Å²) in [4.78, 5) is 24.9. The first-order valence-electron chi connectivity index (χ1n) is 11.6. The molecule has 0 saturated heterocycles. The molecule has 3 rings (SSSR count). The van der Waals surface area contributed by atoms with Gasteiger partial charge in [0.25, 0.3) is 0 Å². The second-order valence-corrected chi connectivity index (χ2v) is 8.49. The third-order valence-electron chi connectivity index (χ3n) is 6.02. The molecule has 1 heterocycles. The highest BCUT2D eigenvalue weighted by Gasteiger charge is 2.28. The number of ether oxygens (including phenoxy) is 2. The summed E-state index contributed by atoms with van der Waals surface area (Å²) in [5, 5.41) is 0.291.